The van der Waals surface area contributed by atoms with Crippen molar-refractivity contribution in [3.05, 3.63) is 28.8 Å². The number of hydrogen-bond donors (Lipinski definition) is 1. The van der Waals surface area contributed by atoms with Gasteiger partial charge in [-0.2, -0.15) is 8.78 Å². The van der Waals surface area contributed by atoms with E-state index in [1.165, 1.54) is 0 Å². The fourth-order valence-electron chi connectivity index (χ4n) is 2.52. The van der Waals surface area contributed by atoms with Gasteiger partial charge in [-0.1, -0.05) is 24.7 Å². The summed E-state index contributed by atoms with van der Waals surface area (Å²) >= 11 is 0. The Morgan fingerprint density at radius 1 is 0.909 bits per heavy atom. The van der Waals surface area contributed by atoms with Gasteiger partial charge in [0.05, 0.1) is 7.11 Å². The first-order chi connectivity index (χ1) is 10.4. The van der Waals surface area contributed by atoms with Gasteiger partial charge >= 0.3 is 0 Å². The molecule has 1 aromatic carbocycles. The predicted molar refractivity (Wildman–Crippen MR) is 72.4 cm³/mol. The summed E-state index contributed by atoms with van der Waals surface area (Å²) in [7, 11) is 0.903. The Morgan fingerprint density at radius 2 is 1.41 bits per heavy atom. The summed E-state index contributed by atoms with van der Waals surface area (Å²) in [5.41, 5.74) is -2.42. The maximum Gasteiger partial charge on any atom is 0.205 e. The zero-order valence-electron chi connectivity index (χ0n) is 12.1. The molecule has 0 atom stereocenters. The molecule has 120 valence electrons. The van der Waals surface area contributed by atoms with Crippen LogP contribution < -0.4 is 4.74 Å². The van der Waals surface area contributed by atoms with Gasteiger partial charge in [-0.25, -0.2) is 8.78 Å². The van der Waals surface area contributed by atoms with Crippen LogP contribution >= 0.6 is 0 Å². The molecule has 0 aromatic heterocycles. The maximum absolute atomic E-state index is 13.8. The van der Waals surface area contributed by atoms with Crippen LogP contribution in [0.3, 0.4) is 0 Å². The largest absolute Gasteiger partial charge is 0.491 e. The third kappa shape index (κ3) is 3.20. The van der Waals surface area contributed by atoms with Crippen LogP contribution in [0.5, 0.6) is 5.75 Å². The molecular formula is C16H16F4O2. The molecule has 22 heavy (non-hydrogen) atoms. The zero-order valence-corrected chi connectivity index (χ0v) is 12.1. The summed E-state index contributed by atoms with van der Waals surface area (Å²) in [6.07, 6.45) is 4.09. The molecule has 1 saturated carbocycles. The van der Waals surface area contributed by atoms with Gasteiger partial charge in [-0.15, -0.1) is 0 Å². The molecule has 1 aromatic rings. The Hall–Kier alpha value is -1.74. The van der Waals surface area contributed by atoms with Crippen LogP contribution in [-0.2, 0) is 0 Å². The highest BCUT2D eigenvalue weighted by Gasteiger charge is 2.28. The van der Waals surface area contributed by atoms with Crippen molar-refractivity contribution in [2.75, 3.05) is 7.11 Å². The van der Waals surface area contributed by atoms with E-state index in [9.17, 15) is 22.7 Å². The van der Waals surface area contributed by atoms with Crippen LogP contribution in [0.15, 0.2) is 0 Å². The molecule has 2 rings (SSSR count). The molecule has 0 radical (unpaired) electrons. The van der Waals surface area contributed by atoms with Crippen molar-refractivity contribution in [2.45, 2.75) is 44.1 Å². The lowest BCUT2D eigenvalue weighted by molar-refractivity contribution is 0.0849. The Balaban J connectivity index is 2.45. The highest BCUT2D eigenvalue weighted by Crippen LogP contribution is 2.30. The Labute approximate surface area is 126 Å². The second-order valence-electron chi connectivity index (χ2n) is 5.36. The summed E-state index contributed by atoms with van der Waals surface area (Å²) in [5.74, 6) is -3.21. The average molecular weight is 316 g/mol. The lowest BCUT2D eigenvalue weighted by Gasteiger charge is -2.19. The van der Waals surface area contributed by atoms with E-state index in [0.29, 0.717) is 12.8 Å². The first kappa shape index (κ1) is 16.6. The van der Waals surface area contributed by atoms with Crippen molar-refractivity contribution >= 4 is 0 Å². The highest BCUT2D eigenvalue weighted by molar-refractivity contribution is 5.44. The van der Waals surface area contributed by atoms with E-state index in [-0.39, 0.29) is 0 Å². The van der Waals surface area contributed by atoms with Crippen LogP contribution in [0.1, 0.15) is 44.1 Å². The molecule has 0 unspecified atom stereocenters. The van der Waals surface area contributed by atoms with Gasteiger partial charge in [0.25, 0.3) is 0 Å². The molecule has 0 aliphatic heterocycles. The lowest BCUT2D eigenvalue weighted by atomic mass is 9.95. The van der Waals surface area contributed by atoms with Crippen LogP contribution in [0.2, 0.25) is 0 Å². The number of methoxy groups -OCH3 is 1. The first-order valence-electron chi connectivity index (χ1n) is 7.05. The normalized spacial score (nSPS) is 17.4. The quantitative estimate of drug-likeness (QED) is 0.371. The lowest BCUT2D eigenvalue weighted by Crippen LogP contribution is -2.25. The van der Waals surface area contributed by atoms with Gasteiger partial charge < -0.3 is 9.84 Å². The van der Waals surface area contributed by atoms with Gasteiger partial charge in [-0.05, 0) is 25.7 Å². The minimum atomic E-state index is -1.64. The van der Waals surface area contributed by atoms with Crippen LogP contribution in [-0.4, -0.2) is 17.8 Å². The van der Waals surface area contributed by atoms with Crippen molar-refractivity contribution < 1.29 is 27.4 Å². The maximum atomic E-state index is 13.8. The van der Waals surface area contributed by atoms with Gasteiger partial charge in [0.15, 0.2) is 17.4 Å². The van der Waals surface area contributed by atoms with Crippen molar-refractivity contribution in [1.82, 2.24) is 0 Å². The SMILES string of the molecule is COc1c(F)c(F)c(C#CC2(O)CCCCCC2)c(F)c1F. The number of hydrogen-bond acceptors (Lipinski definition) is 2. The molecule has 1 aliphatic carbocycles. The highest BCUT2D eigenvalue weighted by atomic mass is 19.2. The third-order valence-electron chi connectivity index (χ3n) is 3.78. The van der Waals surface area contributed by atoms with E-state index < -0.39 is 40.2 Å². The molecule has 0 heterocycles. The van der Waals surface area contributed by atoms with Crippen molar-refractivity contribution in [3.63, 3.8) is 0 Å². The van der Waals surface area contributed by atoms with E-state index in [0.717, 1.165) is 32.8 Å². The summed E-state index contributed by atoms with van der Waals surface area (Å²) in [6.45, 7) is 0. The molecule has 1 fully saturated rings. The summed E-state index contributed by atoms with van der Waals surface area (Å²) in [5, 5.41) is 10.3. The fraction of sp³-hybridized carbons (Fsp3) is 0.500. The summed E-state index contributed by atoms with van der Waals surface area (Å²) < 4.78 is 59.1. The second kappa shape index (κ2) is 6.57. The van der Waals surface area contributed by atoms with Crippen LogP contribution in [0.25, 0.3) is 0 Å². The minimum Gasteiger partial charge on any atom is -0.491 e. The van der Waals surface area contributed by atoms with E-state index in [1.54, 1.807) is 0 Å². The first-order valence-corrected chi connectivity index (χ1v) is 7.05. The van der Waals surface area contributed by atoms with Gasteiger partial charge in [0.2, 0.25) is 11.6 Å². The van der Waals surface area contributed by atoms with Crippen LogP contribution in [0, 0.1) is 35.1 Å². The summed E-state index contributed by atoms with van der Waals surface area (Å²) in [6, 6.07) is 0. The number of ether oxygens (including phenoxy) is 1. The Kier molecular flexibility index (Phi) is 4.97. The Bertz CT molecular complexity index is 594. The standard InChI is InChI=1S/C16H16F4O2/c1-22-15-13(19)11(17)10(12(18)14(15)20)6-9-16(21)7-4-2-3-5-8-16/h21H,2-5,7-8H2,1H3. The van der Waals surface area contributed by atoms with E-state index >= 15 is 0 Å². The molecule has 0 bridgehead atoms. The van der Waals surface area contributed by atoms with E-state index in [1.807, 2.05) is 0 Å². The molecule has 6 heteroatoms. The summed E-state index contributed by atoms with van der Waals surface area (Å²) in [4.78, 5) is 0. The number of aliphatic hydroxyl groups is 1. The van der Waals surface area contributed by atoms with Gasteiger partial charge in [-0.3, -0.25) is 0 Å². The van der Waals surface area contributed by atoms with Gasteiger partial charge in [0, 0.05) is 0 Å². The minimum absolute atomic E-state index is 0.365. The molecule has 2 nitrogen and oxygen atoms in total. The molecule has 0 saturated heterocycles. The number of rotatable bonds is 1. The Morgan fingerprint density at radius 3 is 1.86 bits per heavy atom. The third-order valence-corrected chi connectivity index (χ3v) is 3.78. The molecule has 1 N–H and O–H groups in total. The molecule has 0 amide bonds. The molecular weight excluding hydrogens is 300 g/mol. The van der Waals surface area contributed by atoms with Crippen molar-refractivity contribution in [2.24, 2.45) is 0 Å². The monoisotopic (exact) mass is 316 g/mol. The van der Waals surface area contributed by atoms with Crippen molar-refractivity contribution in [3.8, 4) is 17.6 Å². The molecule has 1 aliphatic rings. The van der Waals surface area contributed by atoms with Gasteiger partial charge in [0.1, 0.15) is 11.2 Å². The zero-order chi connectivity index (χ0) is 16.3. The predicted octanol–water partition coefficient (Wildman–Crippen LogP) is 3.69. The van der Waals surface area contributed by atoms with Crippen LogP contribution in [0.4, 0.5) is 17.6 Å². The smallest absolute Gasteiger partial charge is 0.205 e. The molecule has 0 spiro atoms. The van der Waals surface area contributed by atoms with Crippen molar-refractivity contribution in [1.29, 1.82) is 0 Å². The topological polar surface area (TPSA) is 29.5 Å². The van der Waals surface area contributed by atoms with E-state index in [4.69, 9.17) is 0 Å². The number of halogens is 4. The second-order valence-corrected chi connectivity index (χ2v) is 5.36. The van der Waals surface area contributed by atoms with E-state index in [2.05, 4.69) is 16.6 Å². The average Bonchev–Trinajstić information content (AvgIpc) is 2.71. The fourth-order valence-corrected chi connectivity index (χ4v) is 2.52. The number of benzene rings is 1.